The Morgan fingerprint density at radius 1 is 1.19 bits per heavy atom. The summed E-state index contributed by atoms with van der Waals surface area (Å²) in [5, 5.41) is 4.14. The Morgan fingerprint density at radius 3 is 2.76 bits per heavy atom. The lowest BCUT2D eigenvalue weighted by molar-refractivity contribution is 0.102. The summed E-state index contributed by atoms with van der Waals surface area (Å²) < 4.78 is 0.853. The molecular formula is C15H11BrClN3O. The zero-order chi connectivity index (χ0) is 15.0. The number of carbonyl (C=O) groups excluding carboxylic acids is 1. The van der Waals surface area contributed by atoms with Crippen LogP contribution >= 0.6 is 27.5 Å². The van der Waals surface area contributed by atoms with Crippen LogP contribution in [0, 0.1) is 0 Å². The van der Waals surface area contributed by atoms with E-state index in [0.29, 0.717) is 22.1 Å². The largest absolute Gasteiger partial charge is 0.399 e. The summed E-state index contributed by atoms with van der Waals surface area (Å²) in [5.41, 5.74) is 8.26. The highest BCUT2D eigenvalue weighted by Crippen LogP contribution is 2.26. The summed E-state index contributed by atoms with van der Waals surface area (Å²) in [6.07, 6.45) is 0. The van der Waals surface area contributed by atoms with Gasteiger partial charge >= 0.3 is 0 Å². The van der Waals surface area contributed by atoms with Gasteiger partial charge in [-0.25, -0.2) is 0 Å². The van der Waals surface area contributed by atoms with Gasteiger partial charge in [0, 0.05) is 21.1 Å². The van der Waals surface area contributed by atoms with Crippen LogP contribution in [0.3, 0.4) is 0 Å². The molecule has 0 radical (unpaired) electrons. The molecule has 3 rings (SSSR count). The van der Waals surface area contributed by atoms with Crippen LogP contribution < -0.4 is 11.1 Å². The number of anilines is 2. The molecule has 106 valence electrons. The molecule has 0 aliphatic heterocycles. The van der Waals surface area contributed by atoms with Crippen molar-refractivity contribution in [2.75, 3.05) is 11.1 Å². The van der Waals surface area contributed by atoms with E-state index < -0.39 is 0 Å². The molecule has 4 nitrogen and oxygen atoms in total. The van der Waals surface area contributed by atoms with E-state index in [4.69, 9.17) is 17.3 Å². The predicted molar refractivity (Wildman–Crippen MR) is 89.8 cm³/mol. The van der Waals surface area contributed by atoms with Crippen LogP contribution in [0.2, 0.25) is 5.02 Å². The van der Waals surface area contributed by atoms with Gasteiger partial charge in [0.25, 0.3) is 5.91 Å². The second kappa shape index (κ2) is 5.42. The molecule has 2 aromatic carbocycles. The molecule has 0 spiro atoms. The molecule has 0 saturated carbocycles. The molecule has 1 amide bonds. The number of H-pyrrole nitrogens is 1. The monoisotopic (exact) mass is 363 g/mol. The van der Waals surface area contributed by atoms with Crippen molar-refractivity contribution in [3.63, 3.8) is 0 Å². The average Bonchev–Trinajstić information content (AvgIpc) is 2.85. The number of nitrogens with one attached hydrogen (secondary N) is 2. The molecule has 0 aliphatic rings. The maximum atomic E-state index is 12.3. The van der Waals surface area contributed by atoms with Crippen LogP contribution in [0.25, 0.3) is 10.9 Å². The third kappa shape index (κ3) is 2.89. The van der Waals surface area contributed by atoms with Crippen LogP contribution in [-0.4, -0.2) is 10.9 Å². The Bertz CT molecular complexity index is 844. The molecule has 3 aromatic rings. The molecule has 21 heavy (non-hydrogen) atoms. The summed E-state index contributed by atoms with van der Waals surface area (Å²) in [4.78, 5) is 15.3. The van der Waals surface area contributed by atoms with Gasteiger partial charge < -0.3 is 16.0 Å². The minimum Gasteiger partial charge on any atom is -0.399 e. The highest BCUT2D eigenvalue weighted by atomic mass is 79.9. The number of amides is 1. The van der Waals surface area contributed by atoms with Crippen molar-refractivity contribution in [2.45, 2.75) is 0 Å². The lowest BCUT2D eigenvalue weighted by Crippen LogP contribution is -2.12. The number of halogens is 2. The zero-order valence-corrected chi connectivity index (χ0v) is 13.1. The van der Waals surface area contributed by atoms with Crippen molar-refractivity contribution in [2.24, 2.45) is 0 Å². The van der Waals surface area contributed by atoms with Crippen molar-refractivity contribution < 1.29 is 4.79 Å². The lowest BCUT2D eigenvalue weighted by Gasteiger charge is -2.06. The van der Waals surface area contributed by atoms with Gasteiger partial charge in [-0.3, -0.25) is 4.79 Å². The zero-order valence-electron chi connectivity index (χ0n) is 10.8. The first-order valence-electron chi connectivity index (χ1n) is 6.17. The maximum absolute atomic E-state index is 12.3. The number of benzene rings is 2. The molecule has 6 heteroatoms. The minimum atomic E-state index is -0.256. The normalized spacial score (nSPS) is 10.8. The fourth-order valence-electron chi connectivity index (χ4n) is 2.05. The molecular weight excluding hydrogens is 354 g/mol. The summed E-state index contributed by atoms with van der Waals surface area (Å²) >= 11 is 9.41. The molecule has 0 unspecified atom stereocenters. The topological polar surface area (TPSA) is 70.9 Å². The smallest absolute Gasteiger partial charge is 0.272 e. The first kappa shape index (κ1) is 14.0. The van der Waals surface area contributed by atoms with Crippen LogP contribution in [0.1, 0.15) is 10.5 Å². The Balaban J connectivity index is 1.89. The summed E-state index contributed by atoms with van der Waals surface area (Å²) in [6, 6.07) is 12.5. The van der Waals surface area contributed by atoms with Crippen molar-refractivity contribution in [3.8, 4) is 0 Å². The number of nitrogen functional groups attached to an aromatic ring is 1. The SMILES string of the molecule is Nc1ccc2[nH]c(C(=O)Nc3ccc(Br)cc3Cl)cc2c1. The van der Waals surface area contributed by atoms with Gasteiger partial charge in [0.1, 0.15) is 5.69 Å². The fourth-order valence-corrected chi connectivity index (χ4v) is 2.77. The summed E-state index contributed by atoms with van der Waals surface area (Å²) in [6.45, 7) is 0. The van der Waals surface area contributed by atoms with Gasteiger partial charge in [0.2, 0.25) is 0 Å². The average molecular weight is 365 g/mol. The number of rotatable bonds is 2. The van der Waals surface area contributed by atoms with Gasteiger partial charge in [-0.1, -0.05) is 27.5 Å². The predicted octanol–water partition coefficient (Wildman–Crippen LogP) is 4.42. The molecule has 1 aromatic heterocycles. The Kier molecular flexibility index (Phi) is 3.61. The Labute approximate surface area is 134 Å². The van der Waals surface area contributed by atoms with Crippen LogP contribution in [0.5, 0.6) is 0 Å². The number of aromatic nitrogens is 1. The quantitative estimate of drug-likeness (QED) is 0.589. The van der Waals surface area contributed by atoms with Crippen molar-refractivity contribution in [3.05, 3.63) is 57.7 Å². The van der Waals surface area contributed by atoms with E-state index >= 15 is 0 Å². The Morgan fingerprint density at radius 2 is 2.00 bits per heavy atom. The molecule has 0 bridgehead atoms. The fraction of sp³-hybridized carbons (Fsp3) is 0. The maximum Gasteiger partial charge on any atom is 0.272 e. The van der Waals surface area contributed by atoms with Gasteiger partial charge in [0.15, 0.2) is 0 Å². The second-order valence-corrected chi connectivity index (χ2v) is 5.93. The Hall–Kier alpha value is -1.98. The molecule has 4 N–H and O–H groups in total. The standard InChI is InChI=1S/C15H11BrClN3O/c16-9-1-3-13(11(17)7-9)20-15(21)14-6-8-5-10(18)2-4-12(8)19-14/h1-7,19H,18H2,(H,20,21). The number of hydrogen-bond acceptors (Lipinski definition) is 2. The summed E-state index contributed by atoms with van der Waals surface area (Å²) in [5.74, 6) is -0.256. The number of hydrogen-bond donors (Lipinski definition) is 3. The van der Waals surface area contributed by atoms with E-state index in [0.717, 1.165) is 15.4 Å². The van der Waals surface area contributed by atoms with E-state index in [1.807, 2.05) is 18.2 Å². The second-order valence-electron chi connectivity index (χ2n) is 4.61. The van der Waals surface area contributed by atoms with Gasteiger partial charge in [-0.2, -0.15) is 0 Å². The van der Waals surface area contributed by atoms with E-state index in [1.54, 1.807) is 24.3 Å². The lowest BCUT2D eigenvalue weighted by atomic mass is 10.2. The minimum absolute atomic E-state index is 0.256. The highest BCUT2D eigenvalue weighted by Gasteiger charge is 2.11. The number of nitrogens with two attached hydrogens (primary N) is 1. The van der Waals surface area contributed by atoms with E-state index in [1.165, 1.54) is 0 Å². The van der Waals surface area contributed by atoms with Crippen molar-refractivity contribution in [1.82, 2.24) is 4.98 Å². The third-order valence-electron chi connectivity index (χ3n) is 3.07. The van der Waals surface area contributed by atoms with E-state index in [2.05, 4.69) is 26.2 Å². The number of aromatic amines is 1. The molecule has 0 fully saturated rings. The highest BCUT2D eigenvalue weighted by molar-refractivity contribution is 9.10. The van der Waals surface area contributed by atoms with Gasteiger partial charge in [-0.05, 0) is 42.5 Å². The molecule has 0 saturated heterocycles. The molecule has 1 heterocycles. The third-order valence-corrected chi connectivity index (χ3v) is 3.87. The van der Waals surface area contributed by atoms with E-state index in [9.17, 15) is 4.79 Å². The van der Waals surface area contributed by atoms with Crippen molar-refractivity contribution in [1.29, 1.82) is 0 Å². The van der Waals surface area contributed by atoms with Gasteiger partial charge in [0.05, 0.1) is 10.7 Å². The molecule has 0 atom stereocenters. The van der Waals surface area contributed by atoms with Crippen LogP contribution in [0.15, 0.2) is 46.9 Å². The number of fused-ring (bicyclic) bond motifs is 1. The first-order valence-corrected chi connectivity index (χ1v) is 7.35. The summed E-state index contributed by atoms with van der Waals surface area (Å²) in [7, 11) is 0. The van der Waals surface area contributed by atoms with Crippen LogP contribution in [0.4, 0.5) is 11.4 Å². The van der Waals surface area contributed by atoms with E-state index in [-0.39, 0.29) is 5.91 Å². The first-order chi connectivity index (χ1) is 10.0. The van der Waals surface area contributed by atoms with Crippen LogP contribution in [-0.2, 0) is 0 Å². The van der Waals surface area contributed by atoms with Gasteiger partial charge in [-0.15, -0.1) is 0 Å². The molecule has 0 aliphatic carbocycles. The number of carbonyl (C=O) groups is 1. The van der Waals surface area contributed by atoms with Crippen molar-refractivity contribution >= 4 is 55.7 Å².